The predicted molar refractivity (Wildman–Crippen MR) is 105 cm³/mol. The molecule has 0 radical (unpaired) electrons. The van der Waals surface area contributed by atoms with Crippen LogP contribution in [0.25, 0.3) is 11.2 Å². The molecule has 9 heteroatoms. The Kier molecular flexibility index (Phi) is 5.29. The van der Waals surface area contributed by atoms with E-state index in [4.69, 9.17) is 0 Å². The molecule has 2 aromatic heterocycles. The number of imidazole rings is 1. The van der Waals surface area contributed by atoms with Crippen LogP contribution < -0.4 is 10.3 Å². The number of aromatic nitrogens is 4. The highest BCUT2D eigenvalue weighted by molar-refractivity contribution is 5.78. The van der Waals surface area contributed by atoms with E-state index in [0.29, 0.717) is 12.5 Å². The Balaban J connectivity index is 1.70. The monoisotopic (exact) mass is 404 g/mol. The van der Waals surface area contributed by atoms with Crippen LogP contribution in [0.15, 0.2) is 36.7 Å². The number of hydrogen-bond donors (Lipinski definition) is 1. The molecule has 1 N–H and O–H groups in total. The van der Waals surface area contributed by atoms with Crippen LogP contribution in [0.1, 0.15) is 36.9 Å². The number of hydrogen-bond acceptors (Lipinski definition) is 5. The first kappa shape index (κ1) is 19.5. The Bertz CT molecular complexity index is 964. The molecule has 0 amide bonds. The van der Waals surface area contributed by atoms with E-state index in [1.54, 1.807) is 4.68 Å². The molecule has 0 aliphatic heterocycles. The number of nitrogens with one attached hydrogen (secondary N) is 1. The summed E-state index contributed by atoms with van der Waals surface area (Å²) in [6.45, 7) is 0.597. The van der Waals surface area contributed by atoms with Gasteiger partial charge in [-0.15, -0.1) is 0 Å². The van der Waals surface area contributed by atoms with E-state index in [2.05, 4.69) is 20.3 Å². The minimum atomic E-state index is -4.59. The summed E-state index contributed by atoms with van der Waals surface area (Å²) in [4.78, 5) is 11.9. The maximum atomic E-state index is 13.5. The van der Waals surface area contributed by atoms with Gasteiger partial charge in [-0.2, -0.15) is 13.2 Å². The second-order valence-electron chi connectivity index (χ2n) is 7.38. The minimum Gasteiger partial charge on any atom is -0.351 e. The molecule has 0 saturated heterocycles. The summed E-state index contributed by atoms with van der Waals surface area (Å²) in [6, 6.07) is 10.2. The lowest BCUT2D eigenvalue weighted by atomic mass is 10.1. The molecule has 4 rings (SSSR count). The van der Waals surface area contributed by atoms with Gasteiger partial charge in [0.05, 0.1) is 0 Å². The SMILES string of the molecule is CN(CCc1ccccc1)n1c(NC2CCCC2)nc2c(C(F)(F)F)ncnc21. The zero-order valence-electron chi connectivity index (χ0n) is 16.2. The molecule has 3 aromatic rings. The van der Waals surface area contributed by atoms with E-state index in [9.17, 15) is 13.2 Å². The average molecular weight is 404 g/mol. The third kappa shape index (κ3) is 4.13. The van der Waals surface area contributed by atoms with Crippen molar-refractivity contribution in [2.45, 2.75) is 44.3 Å². The summed E-state index contributed by atoms with van der Waals surface area (Å²) in [7, 11) is 1.83. The normalized spacial score (nSPS) is 15.2. The van der Waals surface area contributed by atoms with Crippen LogP contribution in [0, 0.1) is 0 Å². The summed E-state index contributed by atoms with van der Waals surface area (Å²) in [5.74, 6) is 0.383. The van der Waals surface area contributed by atoms with Crippen molar-refractivity contribution >= 4 is 17.1 Å². The number of anilines is 1. The largest absolute Gasteiger partial charge is 0.435 e. The number of nitrogens with zero attached hydrogens (tertiary/aromatic N) is 5. The second kappa shape index (κ2) is 7.88. The Labute approximate surface area is 166 Å². The molecule has 29 heavy (non-hydrogen) atoms. The quantitative estimate of drug-likeness (QED) is 0.673. The highest BCUT2D eigenvalue weighted by atomic mass is 19.4. The van der Waals surface area contributed by atoms with Gasteiger partial charge in [0.15, 0.2) is 11.3 Å². The molecule has 0 atom stereocenters. The zero-order valence-corrected chi connectivity index (χ0v) is 16.2. The van der Waals surface area contributed by atoms with Gasteiger partial charge < -0.3 is 10.3 Å². The second-order valence-corrected chi connectivity index (χ2v) is 7.38. The molecule has 0 bridgehead atoms. The van der Waals surface area contributed by atoms with Gasteiger partial charge in [0.2, 0.25) is 5.95 Å². The molecule has 1 saturated carbocycles. The van der Waals surface area contributed by atoms with Crippen LogP contribution in [-0.2, 0) is 12.6 Å². The van der Waals surface area contributed by atoms with Crippen molar-refractivity contribution in [3.63, 3.8) is 0 Å². The Morgan fingerprint density at radius 3 is 2.55 bits per heavy atom. The van der Waals surface area contributed by atoms with Gasteiger partial charge in [-0.05, 0) is 24.8 Å². The molecule has 0 unspecified atom stereocenters. The van der Waals surface area contributed by atoms with Crippen LogP contribution in [0.4, 0.5) is 19.1 Å². The van der Waals surface area contributed by atoms with Gasteiger partial charge in [0, 0.05) is 19.6 Å². The molecule has 1 aromatic carbocycles. The van der Waals surface area contributed by atoms with Gasteiger partial charge in [-0.1, -0.05) is 43.2 Å². The number of fused-ring (bicyclic) bond motifs is 1. The van der Waals surface area contributed by atoms with Gasteiger partial charge >= 0.3 is 6.18 Å². The number of alkyl halides is 3. The molecule has 154 valence electrons. The average Bonchev–Trinajstić information content (AvgIpc) is 3.33. The van der Waals surface area contributed by atoms with E-state index in [1.165, 1.54) is 0 Å². The molecular weight excluding hydrogens is 381 g/mol. The Morgan fingerprint density at radius 1 is 1.14 bits per heavy atom. The van der Waals surface area contributed by atoms with Gasteiger partial charge in [-0.3, -0.25) is 0 Å². The van der Waals surface area contributed by atoms with Crippen molar-refractivity contribution in [3.8, 4) is 0 Å². The van der Waals surface area contributed by atoms with Crippen LogP contribution in [-0.4, -0.2) is 39.3 Å². The van der Waals surface area contributed by atoms with Crippen LogP contribution in [0.2, 0.25) is 0 Å². The predicted octanol–water partition coefficient (Wildman–Crippen LogP) is 4.01. The van der Waals surface area contributed by atoms with Crippen LogP contribution in [0.3, 0.4) is 0 Å². The third-order valence-electron chi connectivity index (χ3n) is 5.29. The Morgan fingerprint density at radius 2 is 1.86 bits per heavy atom. The van der Waals surface area contributed by atoms with Gasteiger partial charge in [0.25, 0.3) is 0 Å². The topological polar surface area (TPSA) is 58.9 Å². The summed E-state index contributed by atoms with van der Waals surface area (Å²) >= 11 is 0. The first-order valence-corrected chi connectivity index (χ1v) is 9.76. The van der Waals surface area contributed by atoms with Crippen molar-refractivity contribution in [2.24, 2.45) is 0 Å². The number of benzene rings is 1. The maximum Gasteiger partial charge on any atom is 0.435 e. The fourth-order valence-electron chi connectivity index (χ4n) is 3.79. The molecule has 6 nitrogen and oxygen atoms in total. The standard InChI is InChI=1S/C20H23F3N6/c1-28(12-11-14-7-3-2-4-8-14)29-18-16(17(20(21,22)23)24-13-25-18)27-19(29)26-15-9-5-6-10-15/h2-4,7-8,13,15H,5-6,9-12H2,1H3,(H,26,27). The van der Waals surface area contributed by atoms with Crippen molar-refractivity contribution in [1.82, 2.24) is 19.6 Å². The van der Waals surface area contributed by atoms with E-state index >= 15 is 0 Å². The lowest BCUT2D eigenvalue weighted by Gasteiger charge is -2.24. The number of rotatable bonds is 6. The van der Waals surface area contributed by atoms with Crippen molar-refractivity contribution < 1.29 is 13.2 Å². The molecular formula is C20H23F3N6. The zero-order chi connectivity index (χ0) is 20.4. The lowest BCUT2D eigenvalue weighted by Crippen LogP contribution is -2.34. The highest BCUT2D eigenvalue weighted by Gasteiger charge is 2.37. The van der Waals surface area contributed by atoms with Crippen LogP contribution in [0.5, 0.6) is 0 Å². The minimum absolute atomic E-state index is 0.156. The fourth-order valence-corrected chi connectivity index (χ4v) is 3.79. The molecule has 2 heterocycles. The van der Waals surface area contributed by atoms with Crippen molar-refractivity contribution in [1.29, 1.82) is 0 Å². The number of halogens is 3. The van der Waals surface area contributed by atoms with E-state index in [1.807, 2.05) is 42.4 Å². The fraction of sp³-hybridized carbons (Fsp3) is 0.450. The number of likely N-dealkylation sites (N-methyl/N-ethyl adjacent to an activating group) is 1. The molecule has 1 aliphatic rings. The van der Waals surface area contributed by atoms with Crippen molar-refractivity contribution in [3.05, 3.63) is 47.9 Å². The highest BCUT2D eigenvalue weighted by Crippen LogP contribution is 2.33. The molecule has 1 fully saturated rings. The summed E-state index contributed by atoms with van der Waals surface area (Å²) in [6.07, 6.45) is 1.28. The third-order valence-corrected chi connectivity index (χ3v) is 5.29. The molecule has 1 aliphatic carbocycles. The van der Waals surface area contributed by atoms with E-state index in [-0.39, 0.29) is 17.2 Å². The summed E-state index contributed by atoms with van der Waals surface area (Å²) in [5.41, 5.74) is 0.0716. The van der Waals surface area contributed by atoms with Crippen molar-refractivity contribution in [2.75, 3.05) is 23.9 Å². The smallest absolute Gasteiger partial charge is 0.351 e. The molecule has 0 spiro atoms. The van der Waals surface area contributed by atoms with Crippen LogP contribution >= 0.6 is 0 Å². The lowest BCUT2D eigenvalue weighted by molar-refractivity contribution is -0.140. The van der Waals surface area contributed by atoms with E-state index < -0.39 is 11.9 Å². The first-order valence-electron chi connectivity index (χ1n) is 9.76. The first-order chi connectivity index (χ1) is 13.9. The maximum absolute atomic E-state index is 13.5. The van der Waals surface area contributed by atoms with Gasteiger partial charge in [0.1, 0.15) is 11.8 Å². The van der Waals surface area contributed by atoms with Gasteiger partial charge in [-0.25, -0.2) is 19.6 Å². The summed E-state index contributed by atoms with van der Waals surface area (Å²) < 4.78 is 42.0. The summed E-state index contributed by atoms with van der Waals surface area (Å²) in [5, 5.41) is 5.19. The van der Waals surface area contributed by atoms with E-state index in [0.717, 1.165) is 44.0 Å². The Hall–Kier alpha value is -2.84.